The molecular weight excluding hydrogens is 275 g/mol. The third kappa shape index (κ3) is 10.1. The van der Waals surface area contributed by atoms with E-state index in [9.17, 15) is 5.11 Å². The number of hydrogen-bond acceptors (Lipinski definition) is 1. The van der Waals surface area contributed by atoms with E-state index in [2.05, 4.69) is 41.7 Å². The molecule has 2 heteroatoms. The molecule has 0 saturated heterocycles. The number of aliphatic hydroxyl groups excluding tert-OH is 1. The summed E-state index contributed by atoms with van der Waals surface area (Å²) in [6.45, 7) is 2.21. The summed E-state index contributed by atoms with van der Waals surface area (Å²) in [6.07, 6.45) is 11.5. The van der Waals surface area contributed by atoms with Gasteiger partial charge in [0.2, 0.25) is 0 Å². The molecule has 0 spiro atoms. The van der Waals surface area contributed by atoms with Crippen molar-refractivity contribution in [3.63, 3.8) is 0 Å². The predicted octanol–water partition coefficient (Wildman–Crippen LogP) is 3.82. The second-order valence-electron chi connectivity index (χ2n) is 3.09. The number of allylic oxidation sites excluding steroid dienone is 1. The first-order valence-electron chi connectivity index (χ1n) is 4.91. The van der Waals surface area contributed by atoms with Gasteiger partial charge in [-0.05, 0) is 29.4 Å². The van der Waals surface area contributed by atoms with E-state index < -0.39 is 0 Å². The van der Waals surface area contributed by atoms with Gasteiger partial charge in [0, 0.05) is 0 Å². The molecule has 0 rings (SSSR count). The van der Waals surface area contributed by atoms with Crippen LogP contribution in [0.1, 0.15) is 39.0 Å². The molecule has 1 unspecified atom stereocenters. The monoisotopic (exact) mass is 294 g/mol. The third-order valence-electron chi connectivity index (χ3n) is 1.81. The van der Waals surface area contributed by atoms with Crippen LogP contribution in [0.4, 0.5) is 0 Å². The highest BCUT2D eigenvalue weighted by atomic mass is 127. The smallest absolute Gasteiger partial charge is 0.0762 e. The molecule has 0 aromatic heterocycles. The van der Waals surface area contributed by atoms with Crippen LogP contribution in [0, 0.1) is 0 Å². The fourth-order valence-electron chi connectivity index (χ4n) is 1.03. The summed E-state index contributed by atoms with van der Waals surface area (Å²) in [5.41, 5.74) is 0. The fourth-order valence-corrected chi connectivity index (χ4v) is 1.51. The molecule has 0 radical (unpaired) electrons. The normalized spacial score (nSPS) is 14.4. The van der Waals surface area contributed by atoms with Crippen molar-refractivity contribution in [2.45, 2.75) is 45.1 Å². The van der Waals surface area contributed by atoms with E-state index in [0.29, 0.717) is 0 Å². The van der Waals surface area contributed by atoms with Gasteiger partial charge in [-0.2, -0.15) is 0 Å². The molecule has 13 heavy (non-hydrogen) atoms. The van der Waals surface area contributed by atoms with Crippen LogP contribution in [-0.4, -0.2) is 11.2 Å². The number of hydrogen-bond donors (Lipinski definition) is 1. The fraction of sp³-hybridized carbons (Fsp3) is 0.636. The van der Waals surface area contributed by atoms with Crippen LogP contribution in [0.25, 0.3) is 0 Å². The molecular formula is C11H19IO. The van der Waals surface area contributed by atoms with Crippen molar-refractivity contribution in [1.82, 2.24) is 0 Å². The summed E-state index contributed by atoms with van der Waals surface area (Å²) >= 11 is 2.12. The maximum Gasteiger partial charge on any atom is 0.0762 e. The highest BCUT2D eigenvalue weighted by molar-refractivity contribution is 14.1. The molecule has 0 aliphatic carbocycles. The SMILES string of the molecule is CCCCC/C=C\CC(O)/C=C/I. The maximum atomic E-state index is 9.31. The minimum Gasteiger partial charge on any atom is -0.389 e. The first-order chi connectivity index (χ1) is 6.31. The lowest BCUT2D eigenvalue weighted by molar-refractivity contribution is 0.227. The van der Waals surface area contributed by atoms with Crippen molar-refractivity contribution in [3.05, 3.63) is 22.3 Å². The molecule has 0 saturated carbocycles. The molecule has 1 atom stereocenters. The largest absolute Gasteiger partial charge is 0.389 e. The van der Waals surface area contributed by atoms with Gasteiger partial charge in [-0.15, -0.1) is 0 Å². The molecule has 0 amide bonds. The Morgan fingerprint density at radius 3 is 2.69 bits per heavy atom. The van der Waals surface area contributed by atoms with Crippen molar-refractivity contribution in [2.24, 2.45) is 0 Å². The summed E-state index contributed by atoms with van der Waals surface area (Å²) in [6, 6.07) is 0. The van der Waals surface area contributed by atoms with E-state index in [1.165, 1.54) is 19.3 Å². The van der Waals surface area contributed by atoms with E-state index >= 15 is 0 Å². The maximum absolute atomic E-state index is 9.31. The first-order valence-corrected chi connectivity index (χ1v) is 6.15. The summed E-state index contributed by atoms with van der Waals surface area (Å²) in [5, 5.41) is 9.31. The van der Waals surface area contributed by atoms with Gasteiger partial charge in [0.25, 0.3) is 0 Å². The summed E-state index contributed by atoms with van der Waals surface area (Å²) in [5.74, 6) is 0. The van der Waals surface area contributed by atoms with Crippen molar-refractivity contribution >= 4 is 22.6 Å². The topological polar surface area (TPSA) is 20.2 Å². The van der Waals surface area contributed by atoms with Crippen LogP contribution in [0.5, 0.6) is 0 Å². The lowest BCUT2D eigenvalue weighted by Gasteiger charge is -1.98. The molecule has 76 valence electrons. The Morgan fingerprint density at radius 2 is 2.08 bits per heavy atom. The van der Waals surface area contributed by atoms with Crippen LogP contribution in [0.15, 0.2) is 22.3 Å². The highest BCUT2D eigenvalue weighted by Crippen LogP contribution is 2.02. The predicted molar refractivity (Wildman–Crippen MR) is 67.1 cm³/mol. The van der Waals surface area contributed by atoms with E-state index in [-0.39, 0.29) is 6.10 Å². The standard InChI is InChI=1S/C11H19IO/c1-2-3-4-5-6-7-8-11(13)9-10-12/h6-7,9-11,13H,2-5,8H2,1H3/b7-6-,10-9+. The van der Waals surface area contributed by atoms with Crippen molar-refractivity contribution < 1.29 is 5.11 Å². The minimum absolute atomic E-state index is 0.306. The van der Waals surface area contributed by atoms with Crippen LogP contribution < -0.4 is 0 Å². The van der Waals surface area contributed by atoms with Crippen molar-refractivity contribution in [3.8, 4) is 0 Å². The number of unbranched alkanes of at least 4 members (excludes halogenated alkanes) is 3. The van der Waals surface area contributed by atoms with Crippen molar-refractivity contribution in [1.29, 1.82) is 0 Å². The highest BCUT2D eigenvalue weighted by Gasteiger charge is 1.92. The van der Waals surface area contributed by atoms with Crippen LogP contribution in [0.2, 0.25) is 0 Å². The number of rotatable bonds is 7. The number of halogens is 1. The first kappa shape index (κ1) is 13.2. The Balaban J connectivity index is 3.30. The van der Waals surface area contributed by atoms with Gasteiger partial charge in [-0.25, -0.2) is 0 Å². The lowest BCUT2D eigenvalue weighted by atomic mass is 10.1. The molecule has 0 aliphatic rings. The Bertz CT molecular complexity index is 152. The second-order valence-corrected chi connectivity index (χ2v) is 3.81. The molecule has 0 heterocycles. The van der Waals surface area contributed by atoms with Crippen LogP contribution in [0.3, 0.4) is 0 Å². The zero-order valence-electron chi connectivity index (χ0n) is 8.25. The Morgan fingerprint density at radius 1 is 1.31 bits per heavy atom. The van der Waals surface area contributed by atoms with Crippen molar-refractivity contribution in [2.75, 3.05) is 0 Å². The second kappa shape index (κ2) is 10.3. The molecule has 0 aromatic rings. The van der Waals surface area contributed by atoms with Gasteiger partial charge >= 0.3 is 0 Å². The van der Waals surface area contributed by atoms with Gasteiger partial charge in [0.05, 0.1) is 6.10 Å². The quantitative estimate of drug-likeness (QED) is 0.430. The van der Waals surface area contributed by atoms with E-state index in [0.717, 1.165) is 12.8 Å². The van der Waals surface area contributed by atoms with Gasteiger partial charge in [0.15, 0.2) is 0 Å². The third-order valence-corrected chi connectivity index (χ3v) is 2.23. The lowest BCUT2D eigenvalue weighted by Crippen LogP contribution is -1.98. The molecule has 1 nitrogen and oxygen atoms in total. The molecule has 0 fully saturated rings. The molecule has 1 N–H and O–H groups in total. The Kier molecular flexibility index (Phi) is 10.4. The Hall–Kier alpha value is 0.170. The Labute approximate surface area is 95.1 Å². The van der Waals surface area contributed by atoms with E-state index in [1.807, 2.05) is 4.08 Å². The van der Waals surface area contributed by atoms with E-state index in [1.54, 1.807) is 6.08 Å². The molecule has 0 aliphatic heterocycles. The van der Waals surface area contributed by atoms with Gasteiger partial charge in [-0.1, -0.05) is 54.5 Å². The molecule has 0 aromatic carbocycles. The zero-order valence-corrected chi connectivity index (χ0v) is 10.4. The van der Waals surface area contributed by atoms with Gasteiger partial charge in [0.1, 0.15) is 0 Å². The minimum atomic E-state index is -0.306. The average molecular weight is 294 g/mol. The van der Waals surface area contributed by atoms with Crippen LogP contribution >= 0.6 is 22.6 Å². The average Bonchev–Trinajstić information content (AvgIpc) is 2.11. The number of aliphatic hydroxyl groups is 1. The van der Waals surface area contributed by atoms with Gasteiger partial charge in [-0.3, -0.25) is 0 Å². The zero-order chi connectivity index (χ0) is 9.94. The summed E-state index contributed by atoms with van der Waals surface area (Å²) < 4.78 is 1.85. The van der Waals surface area contributed by atoms with Gasteiger partial charge < -0.3 is 5.11 Å². The molecule has 0 bridgehead atoms. The summed E-state index contributed by atoms with van der Waals surface area (Å²) in [4.78, 5) is 0. The van der Waals surface area contributed by atoms with E-state index in [4.69, 9.17) is 0 Å². The summed E-state index contributed by atoms with van der Waals surface area (Å²) in [7, 11) is 0. The van der Waals surface area contributed by atoms with Crippen LogP contribution in [-0.2, 0) is 0 Å².